The topological polar surface area (TPSA) is 85.2 Å². The number of aliphatic carboxylic acids is 1. The maximum absolute atomic E-state index is 10.8. The number of hydrogen-bond acceptors (Lipinski definition) is 6. The van der Waals surface area contributed by atoms with Gasteiger partial charge in [-0.15, -0.1) is 11.3 Å². The summed E-state index contributed by atoms with van der Waals surface area (Å²) in [5.74, 6) is 0.120. The minimum absolute atomic E-state index is 0.123. The summed E-state index contributed by atoms with van der Waals surface area (Å²) < 4.78 is 6.05. The number of hydrogen-bond donors (Lipinski definition) is 1. The molecule has 1 aromatic carbocycles. The van der Waals surface area contributed by atoms with E-state index in [1.807, 2.05) is 61.7 Å². The average Bonchev–Trinajstić information content (AvgIpc) is 3.24. The van der Waals surface area contributed by atoms with Crippen LogP contribution in [-0.4, -0.2) is 32.6 Å². The molecule has 0 radical (unpaired) electrons. The van der Waals surface area contributed by atoms with Crippen molar-refractivity contribution in [1.82, 2.24) is 15.0 Å². The Morgan fingerprint density at radius 3 is 2.59 bits per heavy atom. The van der Waals surface area contributed by atoms with E-state index in [0.29, 0.717) is 13.0 Å². The molecule has 1 unspecified atom stereocenters. The minimum Gasteiger partial charge on any atom is -0.493 e. The zero-order valence-corrected chi connectivity index (χ0v) is 20.3. The highest BCUT2D eigenvalue weighted by Crippen LogP contribution is 2.32. The number of ether oxygens (including phenoxy) is 1. The molecular weight excluding hydrogens is 446 g/mol. The highest BCUT2D eigenvalue weighted by atomic mass is 32.1. The Balaban J connectivity index is 1.41. The first-order valence-corrected chi connectivity index (χ1v) is 12.0. The van der Waals surface area contributed by atoms with E-state index in [1.54, 1.807) is 17.5 Å². The summed E-state index contributed by atoms with van der Waals surface area (Å²) in [4.78, 5) is 25.8. The summed E-state index contributed by atoms with van der Waals surface area (Å²) in [6, 6.07) is 15.6. The Morgan fingerprint density at radius 1 is 1.09 bits per heavy atom. The molecular formula is C27H27N3O3S. The van der Waals surface area contributed by atoms with Crippen molar-refractivity contribution in [2.75, 3.05) is 6.61 Å². The standard InChI is InChI=1S/C27H27N3O3S/c1-17-14-22(10-7-20(17)9-12-25(31)32)33-16-18(2)26-19(3)34-27(30-26)21-8-11-24(29-15-21)23-6-4-5-13-28-23/h4-8,10-11,13-15,18H,9,12,16H2,1-3H3,(H,31,32). The van der Waals surface area contributed by atoms with Gasteiger partial charge >= 0.3 is 5.97 Å². The van der Waals surface area contributed by atoms with Crippen LogP contribution >= 0.6 is 11.3 Å². The lowest BCUT2D eigenvalue weighted by molar-refractivity contribution is -0.136. The number of pyridine rings is 2. The average molecular weight is 474 g/mol. The van der Waals surface area contributed by atoms with Crippen LogP contribution in [0.1, 0.15) is 41.0 Å². The van der Waals surface area contributed by atoms with Gasteiger partial charge in [0, 0.05) is 35.2 Å². The van der Waals surface area contributed by atoms with Gasteiger partial charge in [0.05, 0.1) is 23.7 Å². The van der Waals surface area contributed by atoms with E-state index >= 15 is 0 Å². The maximum atomic E-state index is 10.8. The lowest BCUT2D eigenvalue weighted by Crippen LogP contribution is -2.09. The Bertz CT molecular complexity index is 1270. The maximum Gasteiger partial charge on any atom is 0.303 e. The quantitative estimate of drug-likeness (QED) is 0.317. The molecule has 0 fully saturated rings. The van der Waals surface area contributed by atoms with Gasteiger partial charge in [-0.25, -0.2) is 4.98 Å². The number of aryl methyl sites for hydroxylation is 3. The number of benzene rings is 1. The van der Waals surface area contributed by atoms with E-state index in [1.165, 1.54) is 4.88 Å². The molecule has 174 valence electrons. The fraction of sp³-hybridized carbons (Fsp3) is 0.259. The number of aromatic nitrogens is 3. The molecule has 0 aliphatic carbocycles. The molecule has 0 amide bonds. The Labute approximate surface area is 203 Å². The van der Waals surface area contributed by atoms with Crippen LogP contribution < -0.4 is 4.74 Å². The van der Waals surface area contributed by atoms with Gasteiger partial charge in [0.1, 0.15) is 10.8 Å². The van der Waals surface area contributed by atoms with Crippen molar-refractivity contribution in [3.63, 3.8) is 0 Å². The van der Waals surface area contributed by atoms with Gasteiger partial charge in [0.2, 0.25) is 0 Å². The zero-order valence-electron chi connectivity index (χ0n) is 19.5. The van der Waals surface area contributed by atoms with Crippen molar-refractivity contribution in [3.05, 3.63) is 82.6 Å². The second kappa shape index (κ2) is 10.6. The predicted molar refractivity (Wildman–Crippen MR) is 134 cm³/mol. The molecule has 1 atom stereocenters. The highest BCUT2D eigenvalue weighted by molar-refractivity contribution is 7.15. The van der Waals surface area contributed by atoms with Crippen molar-refractivity contribution in [2.45, 2.75) is 39.5 Å². The van der Waals surface area contributed by atoms with E-state index in [9.17, 15) is 4.79 Å². The van der Waals surface area contributed by atoms with E-state index < -0.39 is 5.97 Å². The third-order valence-electron chi connectivity index (χ3n) is 5.66. The summed E-state index contributed by atoms with van der Waals surface area (Å²) in [7, 11) is 0. The number of carbonyl (C=O) groups is 1. The zero-order chi connectivity index (χ0) is 24.1. The van der Waals surface area contributed by atoms with Gasteiger partial charge in [0.25, 0.3) is 0 Å². The normalized spacial score (nSPS) is 11.9. The molecule has 4 rings (SSSR count). The smallest absolute Gasteiger partial charge is 0.303 e. The molecule has 4 aromatic rings. The van der Waals surface area contributed by atoms with Crippen LogP contribution in [0.25, 0.3) is 22.0 Å². The van der Waals surface area contributed by atoms with Gasteiger partial charge in [-0.05, 0) is 67.8 Å². The third-order valence-corrected chi connectivity index (χ3v) is 6.69. The lowest BCUT2D eigenvalue weighted by Gasteiger charge is -2.14. The Morgan fingerprint density at radius 2 is 1.91 bits per heavy atom. The van der Waals surface area contributed by atoms with Crippen LogP contribution in [0, 0.1) is 13.8 Å². The number of carboxylic acids is 1. The van der Waals surface area contributed by atoms with Crippen molar-refractivity contribution in [1.29, 1.82) is 0 Å². The van der Waals surface area contributed by atoms with Crippen LogP contribution in [0.15, 0.2) is 60.9 Å². The first-order chi connectivity index (χ1) is 16.4. The Kier molecular flexibility index (Phi) is 7.33. The second-order valence-corrected chi connectivity index (χ2v) is 9.50. The van der Waals surface area contributed by atoms with Crippen LogP contribution in [0.5, 0.6) is 5.75 Å². The third kappa shape index (κ3) is 5.66. The summed E-state index contributed by atoms with van der Waals surface area (Å²) >= 11 is 1.66. The monoisotopic (exact) mass is 473 g/mol. The largest absolute Gasteiger partial charge is 0.493 e. The first-order valence-electron chi connectivity index (χ1n) is 11.2. The number of carboxylic acid groups (broad SMARTS) is 1. The minimum atomic E-state index is -0.786. The van der Waals surface area contributed by atoms with Crippen molar-refractivity contribution in [3.8, 4) is 27.7 Å². The molecule has 0 aliphatic rings. The molecule has 0 aliphatic heterocycles. The molecule has 3 aromatic heterocycles. The van der Waals surface area contributed by atoms with Gasteiger partial charge in [-0.2, -0.15) is 0 Å². The lowest BCUT2D eigenvalue weighted by atomic mass is 10.0. The molecule has 0 saturated heterocycles. The molecule has 6 nitrogen and oxygen atoms in total. The van der Waals surface area contributed by atoms with Crippen molar-refractivity contribution < 1.29 is 14.6 Å². The predicted octanol–water partition coefficient (Wildman–Crippen LogP) is 6.08. The molecule has 3 heterocycles. The van der Waals surface area contributed by atoms with Crippen LogP contribution in [0.3, 0.4) is 0 Å². The first kappa shape index (κ1) is 23.6. The van der Waals surface area contributed by atoms with Gasteiger partial charge < -0.3 is 9.84 Å². The van der Waals surface area contributed by atoms with Crippen molar-refractivity contribution >= 4 is 17.3 Å². The van der Waals surface area contributed by atoms with Crippen LogP contribution in [0.2, 0.25) is 0 Å². The summed E-state index contributed by atoms with van der Waals surface area (Å²) in [6.45, 7) is 6.69. The molecule has 0 spiro atoms. The molecule has 0 bridgehead atoms. The summed E-state index contributed by atoms with van der Waals surface area (Å²) in [5, 5.41) is 9.84. The number of nitrogens with zero attached hydrogens (tertiary/aromatic N) is 3. The van der Waals surface area contributed by atoms with Gasteiger partial charge in [-0.3, -0.25) is 14.8 Å². The van der Waals surface area contributed by atoms with Crippen LogP contribution in [-0.2, 0) is 11.2 Å². The fourth-order valence-corrected chi connectivity index (χ4v) is 4.78. The van der Waals surface area contributed by atoms with E-state index in [-0.39, 0.29) is 12.3 Å². The Hall–Kier alpha value is -3.58. The molecule has 0 saturated carbocycles. The van der Waals surface area contributed by atoms with E-state index in [4.69, 9.17) is 14.8 Å². The fourth-order valence-electron chi connectivity index (χ4n) is 3.76. The highest BCUT2D eigenvalue weighted by Gasteiger charge is 2.17. The SMILES string of the molecule is Cc1cc(OCC(C)c2nc(-c3ccc(-c4ccccn4)nc3)sc2C)ccc1CCC(=O)O. The van der Waals surface area contributed by atoms with E-state index in [2.05, 4.69) is 23.8 Å². The number of rotatable bonds is 9. The van der Waals surface area contributed by atoms with Crippen LogP contribution in [0.4, 0.5) is 0 Å². The van der Waals surface area contributed by atoms with Gasteiger partial charge in [-0.1, -0.05) is 19.1 Å². The summed E-state index contributed by atoms with van der Waals surface area (Å²) in [6.07, 6.45) is 4.27. The molecule has 34 heavy (non-hydrogen) atoms. The number of thiazole rings is 1. The molecule has 7 heteroatoms. The second-order valence-electron chi connectivity index (χ2n) is 8.30. The van der Waals surface area contributed by atoms with Gasteiger partial charge in [0.15, 0.2) is 0 Å². The van der Waals surface area contributed by atoms with Crippen molar-refractivity contribution in [2.24, 2.45) is 0 Å². The summed E-state index contributed by atoms with van der Waals surface area (Å²) in [5.41, 5.74) is 5.78. The van der Waals surface area contributed by atoms with E-state index in [0.717, 1.165) is 44.5 Å². The molecule has 1 N–H and O–H groups in total.